The lowest BCUT2D eigenvalue weighted by molar-refractivity contribution is -0.119. The van der Waals surface area contributed by atoms with Crippen LogP contribution < -0.4 is 5.32 Å². The number of aromatic nitrogens is 1. The number of anilines is 1. The second-order valence-electron chi connectivity index (χ2n) is 6.54. The van der Waals surface area contributed by atoms with Crippen LogP contribution >= 0.6 is 11.6 Å². The predicted octanol–water partition coefficient (Wildman–Crippen LogP) is 2.40. The van der Waals surface area contributed by atoms with Crippen molar-refractivity contribution in [3.63, 3.8) is 0 Å². The summed E-state index contributed by atoms with van der Waals surface area (Å²) in [6.45, 7) is 0.294. The van der Waals surface area contributed by atoms with Crippen molar-refractivity contribution >= 4 is 39.2 Å². The summed E-state index contributed by atoms with van der Waals surface area (Å²) in [6, 6.07) is 4.86. The van der Waals surface area contributed by atoms with E-state index < -0.39 is 34.3 Å². The molecule has 11 heteroatoms. The Labute approximate surface area is 172 Å². The van der Waals surface area contributed by atoms with Crippen molar-refractivity contribution in [2.45, 2.75) is 17.7 Å². The number of ether oxygens (including phenoxy) is 1. The SMILES string of the molecule is Cn1cc(S(=O)(=O)N2CCCC2)cc1C(=O)OCC(=O)Nc1ccc(F)c(Cl)c1. The van der Waals surface area contributed by atoms with Gasteiger partial charge in [0.1, 0.15) is 16.4 Å². The molecule has 156 valence electrons. The summed E-state index contributed by atoms with van der Waals surface area (Å²) in [5, 5.41) is 2.26. The number of rotatable bonds is 6. The van der Waals surface area contributed by atoms with E-state index >= 15 is 0 Å². The van der Waals surface area contributed by atoms with Gasteiger partial charge in [0.05, 0.1) is 5.02 Å². The molecule has 1 fully saturated rings. The molecule has 0 bridgehead atoms. The number of nitrogens with zero attached hydrogens (tertiary/aromatic N) is 2. The summed E-state index contributed by atoms with van der Waals surface area (Å²) in [7, 11) is -2.16. The number of aryl methyl sites for hydroxylation is 1. The molecule has 0 atom stereocenters. The van der Waals surface area contributed by atoms with Gasteiger partial charge in [0.15, 0.2) is 6.61 Å². The van der Waals surface area contributed by atoms with Gasteiger partial charge in [-0.25, -0.2) is 17.6 Å². The van der Waals surface area contributed by atoms with Crippen LogP contribution in [0.3, 0.4) is 0 Å². The van der Waals surface area contributed by atoms with Gasteiger partial charge in [-0.3, -0.25) is 4.79 Å². The molecule has 0 saturated carbocycles. The molecule has 1 aromatic heterocycles. The van der Waals surface area contributed by atoms with Crippen molar-refractivity contribution in [3.8, 4) is 0 Å². The Morgan fingerprint density at radius 2 is 1.93 bits per heavy atom. The van der Waals surface area contributed by atoms with Gasteiger partial charge >= 0.3 is 5.97 Å². The fourth-order valence-corrected chi connectivity index (χ4v) is 4.70. The molecule has 1 saturated heterocycles. The number of hydrogen-bond acceptors (Lipinski definition) is 5. The topological polar surface area (TPSA) is 97.7 Å². The Morgan fingerprint density at radius 1 is 1.24 bits per heavy atom. The van der Waals surface area contributed by atoms with Gasteiger partial charge in [0, 0.05) is 32.0 Å². The predicted molar refractivity (Wildman–Crippen MR) is 104 cm³/mol. The van der Waals surface area contributed by atoms with Crippen LogP contribution in [0.1, 0.15) is 23.3 Å². The second kappa shape index (κ2) is 8.52. The van der Waals surface area contributed by atoms with Crippen LogP contribution in [0.5, 0.6) is 0 Å². The first kappa shape index (κ1) is 21.3. The van der Waals surface area contributed by atoms with E-state index in [2.05, 4.69) is 5.32 Å². The van der Waals surface area contributed by atoms with Crippen molar-refractivity contribution in [1.29, 1.82) is 0 Å². The zero-order valence-corrected chi connectivity index (χ0v) is 17.1. The van der Waals surface area contributed by atoms with Gasteiger partial charge in [-0.2, -0.15) is 4.31 Å². The van der Waals surface area contributed by atoms with Crippen LogP contribution in [0.4, 0.5) is 10.1 Å². The number of carbonyl (C=O) groups is 2. The fraction of sp³-hybridized carbons (Fsp3) is 0.333. The minimum atomic E-state index is -3.67. The third kappa shape index (κ3) is 4.77. The van der Waals surface area contributed by atoms with E-state index in [0.717, 1.165) is 18.9 Å². The maximum absolute atomic E-state index is 13.1. The van der Waals surface area contributed by atoms with E-state index in [4.69, 9.17) is 16.3 Å². The number of sulfonamides is 1. The Morgan fingerprint density at radius 3 is 2.59 bits per heavy atom. The maximum Gasteiger partial charge on any atom is 0.355 e. The lowest BCUT2D eigenvalue weighted by Crippen LogP contribution is -2.27. The number of carbonyl (C=O) groups excluding carboxylic acids is 2. The molecule has 1 aliphatic heterocycles. The largest absolute Gasteiger partial charge is 0.451 e. The van der Waals surface area contributed by atoms with Crippen molar-refractivity contribution in [2.75, 3.05) is 25.0 Å². The molecule has 0 unspecified atom stereocenters. The molecular formula is C18H19ClFN3O5S. The fourth-order valence-electron chi connectivity index (χ4n) is 2.93. The van der Waals surface area contributed by atoms with Crippen molar-refractivity contribution < 1.29 is 27.1 Å². The summed E-state index contributed by atoms with van der Waals surface area (Å²) >= 11 is 5.64. The third-order valence-electron chi connectivity index (χ3n) is 4.43. The molecule has 0 spiro atoms. The molecule has 1 amide bonds. The molecule has 29 heavy (non-hydrogen) atoms. The van der Waals surface area contributed by atoms with Crippen LogP contribution in [0.2, 0.25) is 5.02 Å². The first-order valence-electron chi connectivity index (χ1n) is 8.77. The number of halogens is 2. The van der Waals surface area contributed by atoms with E-state index in [1.807, 2.05) is 0 Å². The van der Waals surface area contributed by atoms with Crippen molar-refractivity contribution in [1.82, 2.24) is 8.87 Å². The quantitative estimate of drug-likeness (QED) is 0.691. The second-order valence-corrected chi connectivity index (χ2v) is 8.88. The van der Waals surface area contributed by atoms with Crippen LogP contribution in [0.25, 0.3) is 0 Å². The Bertz CT molecular complexity index is 1050. The average Bonchev–Trinajstić information content (AvgIpc) is 3.33. The summed E-state index contributed by atoms with van der Waals surface area (Å²) in [5.74, 6) is -2.12. The lowest BCUT2D eigenvalue weighted by Gasteiger charge is -2.13. The molecule has 0 radical (unpaired) electrons. The molecule has 1 aromatic carbocycles. The highest BCUT2D eigenvalue weighted by atomic mass is 35.5. The molecule has 3 rings (SSSR count). The van der Waals surface area contributed by atoms with E-state index in [-0.39, 0.29) is 21.3 Å². The minimum absolute atomic E-state index is 0.000369. The van der Waals surface area contributed by atoms with E-state index in [1.54, 1.807) is 0 Å². The van der Waals surface area contributed by atoms with Gasteiger partial charge in [0.2, 0.25) is 10.0 Å². The standard InChI is InChI=1S/C18H19ClFN3O5S/c1-22-10-13(29(26,27)23-6-2-3-7-23)9-16(22)18(25)28-11-17(24)21-12-4-5-15(20)14(19)8-12/h4-5,8-10H,2-3,6-7,11H2,1H3,(H,21,24). The number of benzene rings is 1. The van der Waals surface area contributed by atoms with Gasteiger partial charge in [-0.1, -0.05) is 11.6 Å². The Kier molecular flexibility index (Phi) is 6.25. The number of nitrogens with one attached hydrogen (secondary N) is 1. The van der Waals surface area contributed by atoms with E-state index in [9.17, 15) is 22.4 Å². The lowest BCUT2D eigenvalue weighted by atomic mass is 10.3. The summed E-state index contributed by atoms with van der Waals surface area (Å²) in [4.78, 5) is 24.2. The molecular weight excluding hydrogens is 425 g/mol. The average molecular weight is 444 g/mol. The first-order chi connectivity index (χ1) is 13.7. The van der Waals surface area contributed by atoms with Crippen LogP contribution in [-0.2, 0) is 26.6 Å². The number of esters is 1. The molecule has 1 aliphatic rings. The van der Waals surface area contributed by atoms with Crippen molar-refractivity contribution in [3.05, 3.63) is 47.0 Å². The normalized spacial score (nSPS) is 14.7. The molecule has 8 nitrogen and oxygen atoms in total. The van der Waals surface area contributed by atoms with Gasteiger partial charge in [0.25, 0.3) is 5.91 Å². The van der Waals surface area contributed by atoms with Crippen molar-refractivity contribution in [2.24, 2.45) is 7.05 Å². The van der Waals surface area contributed by atoms with E-state index in [0.29, 0.717) is 13.1 Å². The number of hydrogen-bond donors (Lipinski definition) is 1. The van der Waals surface area contributed by atoms with Gasteiger partial charge < -0.3 is 14.6 Å². The molecule has 2 heterocycles. The highest BCUT2D eigenvalue weighted by Crippen LogP contribution is 2.23. The monoisotopic (exact) mass is 443 g/mol. The summed E-state index contributed by atoms with van der Waals surface area (Å²) in [5.41, 5.74) is 0.246. The molecule has 2 aromatic rings. The van der Waals surface area contributed by atoms with Gasteiger partial charge in [-0.15, -0.1) is 0 Å². The van der Waals surface area contributed by atoms with Gasteiger partial charge in [-0.05, 0) is 37.1 Å². The number of amides is 1. The summed E-state index contributed by atoms with van der Waals surface area (Å²) < 4.78 is 46.0. The smallest absolute Gasteiger partial charge is 0.355 e. The maximum atomic E-state index is 13.1. The zero-order chi connectivity index (χ0) is 21.2. The summed E-state index contributed by atoms with van der Waals surface area (Å²) in [6.07, 6.45) is 2.94. The molecule has 1 N–H and O–H groups in total. The minimum Gasteiger partial charge on any atom is -0.451 e. The van der Waals surface area contributed by atoms with Crippen LogP contribution in [-0.4, -0.2) is 48.9 Å². The highest BCUT2D eigenvalue weighted by Gasteiger charge is 2.29. The Hall–Kier alpha value is -2.43. The third-order valence-corrected chi connectivity index (χ3v) is 6.58. The molecule has 0 aliphatic carbocycles. The van der Waals surface area contributed by atoms with Crippen LogP contribution in [0, 0.1) is 5.82 Å². The first-order valence-corrected chi connectivity index (χ1v) is 10.6. The van der Waals surface area contributed by atoms with Crippen LogP contribution in [0.15, 0.2) is 35.4 Å². The van der Waals surface area contributed by atoms with E-state index in [1.165, 1.54) is 40.3 Å². The zero-order valence-electron chi connectivity index (χ0n) is 15.5. The highest BCUT2D eigenvalue weighted by molar-refractivity contribution is 7.89. The Balaban J connectivity index is 1.62.